The molecule has 1 aliphatic heterocycles. The molecule has 1 amide bonds. The van der Waals surface area contributed by atoms with Crippen molar-refractivity contribution in [2.45, 2.75) is 39.7 Å². The monoisotopic (exact) mass is 313 g/mol. The fraction of sp³-hybridized carbons (Fsp3) is 0.500. The maximum atomic E-state index is 13.0. The van der Waals surface area contributed by atoms with E-state index in [9.17, 15) is 9.59 Å². The van der Waals surface area contributed by atoms with Crippen molar-refractivity contribution in [1.29, 1.82) is 0 Å². The Morgan fingerprint density at radius 3 is 2.74 bits per heavy atom. The molecule has 23 heavy (non-hydrogen) atoms. The lowest BCUT2D eigenvalue weighted by Crippen LogP contribution is -2.40. The molecule has 1 fully saturated rings. The van der Waals surface area contributed by atoms with Crippen molar-refractivity contribution in [1.82, 2.24) is 14.7 Å². The predicted molar refractivity (Wildman–Crippen MR) is 90.6 cm³/mol. The quantitative estimate of drug-likeness (QED) is 0.875. The van der Waals surface area contributed by atoms with E-state index in [1.165, 1.54) is 4.68 Å². The van der Waals surface area contributed by atoms with E-state index in [-0.39, 0.29) is 11.5 Å². The van der Waals surface area contributed by atoms with Crippen LogP contribution in [-0.4, -0.2) is 33.7 Å². The first-order chi connectivity index (χ1) is 11.1. The SMILES string of the molecule is CCCn1nc(C(=O)N2CCCC(C)C2)c2ccccc2c1=O. The van der Waals surface area contributed by atoms with E-state index in [0.29, 0.717) is 28.9 Å². The standard InChI is InChI=1S/C18H23N3O2/c1-3-10-21-17(22)15-9-5-4-8-14(15)16(19-21)18(23)20-11-6-7-13(2)12-20/h4-5,8-9,13H,3,6-7,10-12H2,1-2H3. The summed E-state index contributed by atoms with van der Waals surface area (Å²) in [5.74, 6) is 0.457. The summed E-state index contributed by atoms with van der Waals surface area (Å²) in [5, 5.41) is 5.64. The van der Waals surface area contributed by atoms with Crippen molar-refractivity contribution < 1.29 is 4.79 Å². The topological polar surface area (TPSA) is 55.2 Å². The van der Waals surface area contributed by atoms with E-state index < -0.39 is 0 Å². The molecule has 3 rings (SSSR count). The van der Waals surface area contributed by atoms with Crippen LogP contribution in [0.4, 0.5) is 0 Å². The number of aromatic nitrogens is 2. The summed E-state index contributed by atoms with van der Waals surface area (Å²) in [6.07, 6.45) is 2.99. The Bertz CT molecular complexity index is 781. The number of amides is 1. The molecule has 0 radical (unpaired) electrons. The first-order valence-corrected chi connectivity index (χ1v) is 8.41. The molecule has 1 aliphatic rings. The number of benzene rings is 1. The van der Waals surface area contributed by atoms with Crippen LogP contribution in [-0.2, 0) is 6.54 Å². The fourth-order valence-corrected chi connectivity index (χ4v) is 3.28. The highest BCUT2D eigenvalue weighted by molar-refractivity contribution is 6.04. The van der Waals surface area contributed by atoms with Gasteiger partial charge in [-0.15, -0.1) is 0 Å². The lowest BCUT2D eigenvalue weighted by Gasteiger charge is -2.31. The summed E-state index contributed by atoms with van der Waals surface area (Å²) in [7, 11) is 0. The van der Waals surface area contributed by atoms with Gasteiger partial charge in [0.1, 0.15) is 0 Å². The summed E-state index contributed by atoms with van der Waals surface area (Å²) in [6, 6.07) is 7.28. The van der Waals surface area contributed by atoms with Gasteiger partial charge in [-0.25, -0.2) is 4.68 Å². The smallest absolute Gasteiger partial charge is 0.274 e. The van der Waals surface area contributed by atoms with E-state index in [2.05, 4.69) is 12.0 Å². The number of carbonyl (C=O) groups is 1. The molecular formula is C18H23N3O2. The Morgan fingerprint density at radius 2 is 2.04 bits per heavy atom. The largest absolute Gasteiger partial charge is 0.337 e. The number of aryl methyl sites for hydroxylation is 1. The maximum absolute atomic E-state index is 13.0. The summed E-state index contributed by atoms with van der Waals surface area (Å²) in [6.45, 7) is 6.23. The van der Waals surface area contributed by atoms with Crippen LogP contribution >= 0.6 is 0 Å². The first kappa shape index (κ1) is 15.7. The highest BCUT2D eigenvalue weighted by atomic mass is 16.2. The highest BCUT2D eigenvalue weighted by Crippen LogP contribution is 2.20. The molecule has 0 aliphatic carbocycles. The predicted octanol–water partition coefficient (Wildman–Crippen LogP) is 2.68. The van der Waals surface area contributed by atoms with Crippen LogP contribution in [0.1, 0.15) is 43.6 Å². The Morgan fingerprint density at radius 1 is 1.30 bits per heavy atom. The number of rotatable bonds is 3. The minimum absolute atomic E-state index is 0.0578. The minimum Gasteiger partial charge on any atom is -0.337 e. The molecule has 0 saturated carbocycles. The van der Waals surface area contributed by atoms with Crippen molar-refractivity contribution >= 4 is 16.7 Å². The minimum atomic E-state index is -0.119. The molecule has 2 aromatic rings. The molecule has 0 bridgehead atoms. The molecule has 5 heteroatoms. The summed E-state index contributed by atoms with van der Waals surface area (Å²) in [4.78, 5) is 27.4. The van der Waals surface area contributed by atoms with Crippen LogP contribution in [0, 0.1) is 5.92 Å². The summed E-state index contributed by atoms with van der Waals surface area (Å²) < 4.78 is 1.43. The van der Waals surface area contributed by atoms with Gasteiger partial charge in [-0.05, 0) is 31.2 Å². The van der Waals surface area contributed by atoms with Crippen LogP contribution in [0.25, 0.3) is 10.8 Å². The molecule has 122 valence electrons. The van der Waals surface area contributed by atoms with Gasteiger partial charge in [-0.3, -0.25) is 9.59 Å². The number of piperidine rings is 1. The van der Waals surface area contributed by atoms with Crippen molar-refractivity contribution in [2.24, 2.45) is 5.92 Å². The number of fused-ring (bicyclic) bond motifs is 1. The molecule has 5 nitrogen and oxygen atoms in total. The normalized spacial score (nSPS) is 18.3. The zero-order valence-electron chi connectivity index (χ0n) is 13.8. The summed E-state index contributed by atoms with van der Waals surface area (Å²) >= 11 is 0. The average Bonchev–Trinajstić information content (AvgIpc) is 2.57. The van der Waals surface area contributed by atoms with Gasteiger partial charge in [0.25, 0.3) is 11.5 Å². The second-order valence-corrected chi connectivity index (χ2v) is 6.42. The third-order valence-electron chi connectivity index (χ3n) is 4.45. The Labute approximate surface area is 135 Å². The maximum Gasteiger partial charge on any atom is 0.274 e. The van der Waals surface area contributed by atoms with Crippen molar-refractivity contribution in [3.63, 3.8) is 0 Å². The number of hydrogen-bond acceptors (Lipinski definition) is 3. The molecule has 0 N–H and O–H groups in total. The van der Waals surface area contributed by atoms with Gasteiger partial charge in [0, 0.05) is 25.0 Å². The molecule has 0 spiro atoms. The van der Waals surface area contributed by atoms with E-state index in [1.807, 2.05) is 30.0 Å². The number of likely N-dealkylation sites (tertiary alicyclic amines) is 1. The number of carbonyl (C=O) groups excluding carboxylic acids is 1. The molecular weight excluding hydrogens is 290 g/mol. The second-order valence-electron chi connectivity index (χ2n) is 6.42. The van der Waals surface area contributed by atoms with Gasteiger partial charge in [-0.1, -0.05) is 32.0 Å². The van der Waals surface area contributed by atoms with E-state index in [4.69, 9.17) is 0 Å². The van der Waals surface area contributed by atoms with Gasteiger partial charge in [-0.2, -0.15) is 5.10 Å². The Hall–Kier alpha value is -2.17. The third-order valence-corrected chi connectivity index (χ3v) is 4.45. The molecule has 1 saturated heterocycles. The van der Waals surface area contributed by atoms with Crippen LogP contribution in [0.2, 0.25) is 0 Å². The van der Waals surface area contributed by atoms with Crippen LogP contribution in [0.3, 0.4) is 0 Å². The lowest BCUT2D eigenvalue weighted by molar-refractivity contribution is 0.0676. The van der Waals surface area contributed by atoms with Gasteiger partial charge < -0.3 is 4.90 Å². The Balaban J connectivity index is 2.10. The van der Waals surface area contributed by atoms with E-state index in [0.717, 1.165) is 32.4 Å². The number of nitrogens with zero attached hydrogens (tertiary/aromatic N) is 3. The van der Waals surface area contributed by atoms with Crippen molar-refractivity contribution in [3.8, 4) is 0 Å². The molecule has 1 atom stereocenters. The van der Waals surface area contributed by atoms with E-state index >= 15 is 0 Å². The first-order valence-electron chi connectivity index (χ1n) is 8.41. The highest BCUT2D eigenvalue weighted by Gasteiger charge is 2.25. The lowest BCUT2D eigenvalue weighted by atomic mass is 9.99. The van der Waals surface area contributed by atoms with Crippen molar-refractivity contribution in [2.75, 3.05) is 13.1 Å². The fourth-order valence-electron chi connectivity index (χ4n) is 3.28. The van der Waals surface area contributed by atoms with Gasteiger partial charge in [0.2, 0.25) is 0 Å². The second kappa shape index (κ2) is 6.52. The van der Waals surface area contributed by atoms with Crippen LogP contribution < -0.4 is 5.56 Å². The molecule has 1 unspecified atom stereocenters. The van der Waals surface area contributed by atoms with E-state index in [1.54, 1.807) is 6.07 Å². The average molecular weight is 313 g/mol. The van der Waals surface area contributed by atoms with Gasteiger partial charge in [0.15, 0.2) is 5.69 Å². The number of hydrogen-bond donors (Lipinski definition) is 0. The summed E-state index contributed by atoms with van der Waals surface area (Å²) in [5.41, 5.74) is 0.286. The van der Waals surface area contributed by atoms with Crippen LogP contribution in [0.5, 0.6) is 0 Å². The van der Waals surface area contributed by atoms with Crippen LogP contribution in [0.15, 0.2) is 29.1 Å². The molecule has 1 aromatic heterocycles. The molecule has 1 aromatic carbocycles. The van der Waals surface area contributed by atoms with Crippen molar-refractivity contribution in [3.05, 3.63) is 40.3 Å². The molecule has 2 heterocycles. The zero-order chi connectivity index (χ0) is 16.4. The van der Waals surface area contributed by atoms with Gasteiger partial charge >= 0.3 is 0 Å². The zero-order valence-corrected chi connectivity index (χ0v) is 13.8. The van der Waals surface area contributed by atoms with Gasteiger partial charge in [0.05, 0.1) is 5.39 Å². The Kier molecular flexibility index (Phi) is 4.46. The third kappa shape index (κ3) is 3.00.